The Kier molecular flexibility index (Phi) is 13.4. The maximum absolute atomic E-state index is 11.7. The van der Waals surface area contributed by atoms with Gasteiger partial charge in [0.05, 0.1) is 18.8 Å². The fourth-order valence-corrected chi connectivity index (χ4v) is 4.52. The number of unbranched alkanes of at least 4 members (excludes halogenated alkanes) is 4. The fourth-order valence-electron chi connectivity index (χ4n) is 4.52. The number of nitrogens with zero attached hydrogens (tertiary/aromatic N) is 1. The Morgan fingerprint density at radius 3 is 2.51 bits per heavy atom. The number of imidazole rings is 1. The molecule has 3 aromatic rings. The summed E-state index contributed by atoms with van der Waals surface area (Å²) in [5.41, 5.74) is 3.06. The van der Waals surface area contributed by atoms with Crippen molar-refractivity contribution in [3.05, 3.63) is 81.4 Å². The first-order valence-corrected chi connectivity index (χ1v) is 14.3. The van der Waals surface area contributed by atoms with Crippen LogP contribution < -0.4 is 11.0 Å². The maximum atomic E-state index is 11.7. The van der Waals surface area contributed by atoms with E-state index < -0.39 is 12.1 Å². The number of H-pyrrole nitrogens is 1. The van der Waals surface area contributed by atoms with E-state index in [0.717, 1.165) is 70.3 Å². The van der Waals surface area contributed by atoms with Crippen molar-refractivity contribution in [2.24, 2.45) is 0 Å². The van der Waals surface area contributed by atoms with Gasteiger partial charge >= 0.3 is 11.7 Å². The Labute approximate surface area is 241 Å². The molecule has 224 valence electrons. The number of phenols is 1. The highest BCUT2D eigenvalue weighted by Crippen LogP contribution is 2.23. The molecule has 2 aromatic carbocycles. The Balaban J connectivity index is 1.17. The third kappa shape index (κ3) is 11.8. The number of aromatic nitrogens is 2. The number of hydrogen-bond donors (Lipinski definition) is 5. The van der Waals surface area contributed by atoms with Gasteiger partial charge in [0.25, 0.3) is 0 Å². The summed E-state index contributed by atoms with van der Waals surface area (Å²) in [6.45, 7) is 4.43. The van der Waals surface area contributed by atoms with Crippen molar-refractivity contribution in [1.29, 1.82) is 0 Å². The minimum absolute atomic E-state index is 0.0261. The monoisotopic (exact) mass is 569 g/mol. The van der Waals surface area contributed by atoms with Gasteiger partial charge in [-0.2, -0.15) is 0 Å². The lowest BCUT2D eigenvalue weighted by molar-refractivity contribution is -0.142. The fraction of sp³-hybridized carbons (Fsp3) is 0.484. The molecule has 5 N–H and O–H groups in total. The van der Waals surface area contributed by atoms with Gasteiger partial charge in [-0.1, -0.05) is 43.2 Å². The van der Waals surface area contributed by atoms with Crippen LogP contribution in [0.4, 0.5) is 0 Å². The Morgan fingerprint density at radius 1 is 1.00 bits per heavy atom. The summed E-state index contributed by atoms with van der Waals surface area (Å²) < 4.78 is 12.2. The van der Waals surface area contributed by atoms with Crippen molar-refractivity contribution in [3.8, 4) is 11.6 Å². The van der Waals surface area contributed by atoms with Crippen molar-refractivity contribution in [2.75, 3.05) is 26.3 Å². The minimum Gasteiger partial charge on any atom is -0.508 e. The predicted octanol–water partition coefficient (Wildman–Crippen LogP) is 3.92. The summed E-state index contributed by atoms with van der Waals surface area (Å²) in [6, 6.07) is 13.0. The molecule has 0 bridgehead atoms. The quantitative estimate of drug-likeness (QED) is 0.108. The summed E-state index contributed by atoms with van der Waals surface area (Å²) in [5, 5.41) is 33.0. The smallest absolute Gasteiger partial charge is 0.328 e. The molecule has 41 heavy (non-hydrogen) atoms. The Bertz CT molecular complexity index is 1270. The lowest BCUT2D eigenvalue weighted by Crippen LogP contribution is -2.22. The van der Waals surface area contributed by atoms with Gasteiger partial charge in [0, 0.05) is 32.2 Å². The van der Waals surface area contributed by atoms with Gasteiger partial charge in [0.2, 0.25) is 5.88 Å². The number of hydrogen-bond acceptors (Lipinski definition) is 8. The highest BCUT2D eigenvalue weighted by atomic mass is 16.5. The van der Waals surface area contributed by atoms with E-state index in [9.17, 15) is 24.9 Å². The van der Waals surface area contributed by atoms with E-state index in [1.807, 2.05) is 12.1 Å². The SMILES string of the molecule is CC(=O)OCc1cc([C@@H](O)CNCCCCCCOCCCCc2cccc(Cn3cc(O)[nH]c3=O)c2)ccc1O. The van der Waals surface area contributed by atoms with Gasteiger partial charge < -0.3 is 30.1 Å². The molecule has 0 saturated heterocycles. The third-order valence-corrected chi connectivity index (χ3v) is 6.77. The first-order chi connectivity index (χ1) is 19.8. The summed E-state index contributed by atoms with van der Waals surface area (Å²) in [7, 11) is 0. The standard InChI is InChI=1S/C31H43N3O7/c1-23(35)41-22-27-18-26(12-13-28(27)36)29(37)19-32-14-5-2-3-6-15-40-16-7-4-9-24-10-8-11-25(17-24)20-34-21-30(38)33-31(34)39/h8,10-13,17-18,21,29,32,36-38H,2-7,9,14-16,19-20,22H2,1H3,(H,33,39)/t29-/m0/s1. The molecule has 1 aromatic heterocycles. The molecule has 0 aliphatic heterocycles. The van der Waals surface area contributed by atoms with Gasteiger partial charge in [0.1, 0.15) is 12.4 Å². The van der Waals surface area contributed by atoms with Crippen molar-refractivity contribution in [1.82, 2.24) is 14.9 Å². The first kappa shape index (κ1) is 31.9. The van der Waals surface area contributed by atoms with Crippen LogP contribution in [0.2, 0.25) is 0 Å². The van der Waals surface area contributed by atoms with Crippen LogP contribution in [0.3, 0.4) is 0 Å². The van der Waals surface area contributed by atoms with Gasteiger partial charge in [-0.25, -0.2) is 4.79 Å². The average molecular weight is 570 g/mol. The van der Waals surface area contributed by atoms with Gasteiger partial charge in [-0.3, -0.25) is 14.3 Å². The zero-order valence-electron chi connectivity index (χ0n) is 23.8. The molecule has 1 atom stereocenters. The normalized spacial score (nSPS) is 12.0. The second kappa shape index (κ2) is 17.3. The molecule has 0 aliphatic carbocycles. The van der Waals surface area contributed by atoms with Gasteiger partial charge in [-0.05, 0) is 67.5 Å². The first-order valence-electron chi connectivity index (χ1n) is 14.3. The van der Waals surface area contributed by atoms with E-state index in [1.54, 1.807) is 12.1 Å². The topological polar surface area (TPSA) is 146 Å². The Morgan fingerprint density at radius 2 is 1.76 bits per heavy atom. The number of aliphatic hydroxyl groups excluding tert-OH is 1. The van der Waals surface area contributed by atoms with Crippen LogP contribution in [0.1, 0.15) is 73.8 Å². The van der Waals surface area contributed by atoms with Crippen molar-refractivity contribution < 1.29 is 29.6 Å². The van der Waals surface area contributed by atoms with Gasteiger partial charge in [-0.15, -0.1) is 0 Å². The van der Waals surface area contributed by atoms with Crippen LogP contribution in [-0.2, 0) is 33.8 Å². The average Bonchev–Trinajstić information content (AvgIpc) is 3.26. The number of nitrogens with one attached hydrogen (secondary N) is 2. The molecule has 10 nitrogen and oxygen atoms in total. The van der Waals surface area contributed by atoms with Gasteiger partial charge in [0.15, 0.2) is 0 Å². The maximum Gasteiger partial charge on any atom is 0.328 e. The zero-order chi connectivity index (χ0) is 29.5. The van der Waals surface area contributed by atoms with E-state index >= 15 is 0 Å². The molecule has 3 rings (SSSR count). The number of esters is 1. The van der Waals surface area contributed by atoms with E-state index in [0.29, 0.717) is 24.2 Å². The number of rotatable bonds is 19. The lowest BCUT2D eigenvalue weighted by Gasteiger charge is -2.14. The van der Waals surface area contributed by atoms with Crippen LogP contribution in [0.15, 0.2) is 53.5 Å². The zero-order valence-corrected chi connectivity index (χ0v) is 23.8. The molecule has 0 amide bonds. The number of benzene rings is 2. The summed E-state index contributed by atoms with van der Waals surface area (Å²) >= 11 is 0. The van der Waals surface area contributed by atoms with Crippen LogP contribution in [0.25, 0.3) is 0 Å². The van der Waals surface area contributed by atoms with E-state index in [2.05, 4.69) is 22.4 Å². The predicted molar refractivity (Wildman–Crippen MR) is 156 cm³/mol. The van der Waals surface area contributed by atoms with Crippen LogP contribution >= 0.6 is 0 Å². The second-order valence-corrected chi connectivity index (χ2v) is 10.3. The minimum atomic E-state index is -0.713. The summed E-state index contributed by atoms with van der Waals surface area (Å²) in [6.07, 6.45) is 7.89. The van der Waals surface area contributed by atoms with E-state index in [-0.39, 0.29) is 23.9 Å². The molecule has 0 unspecified atom stereocenters. The van der Waals surface area contributed by atoms with Crippen molar-refractivity contribution in [3.63, 3.8) is 0 Å². The number of carbonyl (C=O) groups is 1. The van der Waals surface area contributed by atoms with Crippen LogP contribution in [-0.4, -0.2) is 57.1 Å². The van der Waals surface area contributed by atoms with E-state index in [4.69, 9.17) is 9.47 Å². The molecular formula is C31H43N3O7. The highest BCUT2D eigenvalue weighted by Gasteiger charge is 2.11. The number of aryl methyl sites for hydroxylation is 1. The van der Waals surface area contributed by atoms with Crippen molar-refractivity contribution >= 4 is 5.97 Å². The molecular weight excluding hydrogens is 526 g/mol. The van der Waals surface area contributed by atoms with Crippen LogP contribution in [0.5, 0.6) is 11.6 Å². The molecule has 10 heteroatoms. The molecule has 0 aliphatic rings. The largest absolute Gasteiger partial charge is 0.508 e. The van der Waals surface area contributed by atoms with E-state index in [1.165, 1.54) is 29.3 Å². The number of ether oxygens (including phenoxy) is 2. The third-order valence-electron chi connectivity index (χ3n) is 6.77. The molecule has 1 heterocycles. The molecule has 0 spiro atoms. The van der Waals surface area contributed by atoms with Crippen LogP contribution in [0, 0.1) is 0 Å². The summed E-state index contributed by atoms with van der Waals surface area (Å²) in [4.78, 5) is 25.1. The second-order valence-electron chi connectivity index (χ2n) is 10.3. The highest BCUT2D eigenvalue weighted by molar-refractivity contribution is 5.66. The molecule has 0 saturated carbocycles. The number of phenolic OH excluding ortho intramolecular Hbond substituents is 1. The number of aromatic hydroxyl groups is 2. The lowest BCUT2D eigenvalue weighted by atomic mass is 10.1. The summed E-state index contributed by atoms with van der Waals surface area (Å²) in [5.74, 6) is -0.516. The number of aromatic amines is 1. The number of carbonyl (C=O) groups excluding carboxylic acids is 1. The van der Waals surface area contributed by atoms with Crippen molar-refractivity contribution in [2.45, 2.75) is 71.1 Å². The molecule has 0 fully saturated rings. The molecule has 0 radical (unpaired) electrons. The Hall–Kier alpha value is -3.60. The number of aliphatic hydroxyl groups is 1.